The van der Waals surface area contributed by atoms with Gasteiger partial charge in [0.1, 0.15) is 0 Å². The first kappa shape index (κ1) is 17.8. The lowest BCUT2D eigenvalue weighted by Gasteiger charge is -2.13. The third kappa shape index (κ3) is 3.64. The van der Waals surface area contributed by atoms with Gasteiger partial charge in [0.15, 0.2) is 0 Å². The second-order valence-corrected chi connectivity index (χ2v) is 7.81. The SMILES string of the molecule is O=S(=O)(Nc1ccc(Br)c2ccccc12)c1cccc(C(F)(F)F)c1. The van der Waals surface area contributed by atoms with Gasteiger partial charge in [-0.3, -0.25) is 4.72 Å². The van der Waals surface area contributed by atoms with Gasteiger partial charge in [0, 0.05) is 9.86 Å². The Morgan fingerprint density at radius 1 is 0.880 bits per heavy atom. The molecular formula is C17H11BrF3NO2S. The number of sulfonamides is 1. The molecule has 0 fully saturated rings. The van der Waals surface area contributed by atoms with Crippen LogP contribution in [0.5, 0.6) is 0 Å². The molecule has 1 N–H and O–H groups in total. The molecule has 0 radical (unpaired) electrons. The molecule has 0 aliphatic heterocycles. The van der Waals surface area contributed by atoms with Gasteiger partial charge in [0.25, 0.3) is 10.0 Å². The highest BCUT2D eigenvalue weighted by atomic mass is 79.9. The maximum Gasteiger partial charge on any atom is 0.416 e. The maximum atomic E-state index is 12.8. The lowest BCUT2D eigenvalue weighted by molar-refractivity contribution is -0.137. The monoisotopic (exact) mass is 429 g/mol. The van der Waals surface area contributed by atoms with E-state index in [0.29, 0.717) is 11.5 Å². The normalized spacial score (nSPS) is 12.3. The van der Waals surface area contributed by atoms with Crippen LogP contribution >= 0.6 is 15.9 Å². The Labute approximate surface area is 150 Å². The van der Waals surface area contributed by atoms with E-state index in [1.54, 1.807) is 30.3 Å². The van der Waals surface area contributed by atoms with Crippen LogP contribution < -0.4 is 4.72 Å². The Morgan fingerprint density at radius 2 is 1.56 bits per heavy atom. The number of anilines is 1. The fraction of sp³-hybridized carbons (Fsp3) is 0.0588. The highest BCUT2D eigenvalue weighted by Crippen LogP contribution is 2.33. The van der Waals surface area contributed by atoms with Crippen molar-refractivity contribution in [3.63, 3.8) is 0 Å². The van der Waals surface area contributed by atoms with E-state index in [0.717, 1.165) is 28.1 Å². The molecule has 130 valence electrons. The van der Waals surface area contributed by atoms with Gasteiger partial charge >= 0.3 is 6.18 Å². The van der Waals surface area contributed by atoms with Crippen molar-refractivity contribution in [2.24, 2.45) is 0 Å². The number of fused-ring (bicyclic) bond motifs is 1. The van der Waals surface area contributed by atoms with Crippen LogP contribution in [0.1, 0.15) is 5.56 Å². The third-order valence-electron chi connectivity index (χ3n) is 3.59. The zero-order chi connectivity index (χ0) is 18.2. The summed E-state index contributed by atoms with van der Waals surface area (Å²) in [5.41, 5.74) is -0.729. The van der Waals surface area contributed by atoms with Crippen LogP contribution in [0.15, 0.2) is 70.0 Å². The van der Waals surface area contributed by atoms with Crippen LogP contribution in [0.2, 0.25) is 0 Å². The van der Waals surface area contributed by atoms with Crippen LogP contribution in [0.25, 0.3) is 10.8 Å². The molecule has 0 unspecified atom stereocenters. The lowest BCUT2D eigenvalue weighted by atomic mass is 10.1. The van der Waals surface area contributed by atoms with Gasteiger partial charge in [-0.25, -0.2) is 8.42 Å². The molecule has 3 aromatic carbocycles. The van der Waals surface area contributed by atoms with E-state index in [2.05, 4.69) is 20.7 Å². The van der Waals surface area contributed by atoms with Crippen molar-refractivity contribution in [3.8, 4) is 0 Å². The molecule has 0 saturated heterocycles. The molecular weight excluding hydrogens is 419 g/mol. The minimum Gasteiger partial charge on any atom is -0.279 e. The van der Waals surface area contributed by atoms with Crippen LogP contribution in [-0.4, -0.2) is 8.42 Å². The second-order valence-electron chi connectivity index (χ2n) is 5.27. The molecule has 0 bridgehead atoms. The zero-order valence-electron chi connectivity index (χ0n) is 12.5. The predicted molar refractivity (Wildman–Crippen MR) is 93.9 cm³/mol. The summed E-state index contributed by atoms with van der Waals surface area (Å²) in [5, 5.41) is 1.42. The van der Waals surface area contributed by atoms with Gasteiger partial charge in [-0.15, -0.1) is 0 Å². The standard InChI is InChI=1S/C17H11BrF3NO2S/c18-15-8-9-16(14-7-2-1-6-13(14)15)22-25(23,24)12-5-3-4-11(10-12)17(19,20)21/h1-10,22H. The first-order valence-corrected chi connectivity index (χ1v) is 9.33. The first-order valence-electron chi connectivity index (χ1n) is 7.06. The Morgan fingerprint density at radius 3 is 2.24 bits per heavy atom. The minimum atomic E-state index is -4.62. The third-order valence-corrected chi connectivity index (χ3v) is 5.64. The van der Waals surface area contributed by atoms with Crippen molar-refractivity contribution in [3.05, 3.63) is 70.7 Å². The molecule has 0 spiro atoms. The lowest BCUT2D eigenvalue weighted by Crippen LogP contribution is -2.14. The molecule has 0 aliphatic carbocycles. The van der Waals surface area contributed by atoms with Gasteiger partial charge in [-0.05, 0) is 35.7 Å². The number of nitrogens with one attached hydrogen (secondary N) is 1. The van der Waals surface area contributed by atoms with E-state index in [1.807, 2.05) is 6.07 Å². The number of hydrogen-bond acceptors (Lipinski definition) is 2. The molecule has 3 rings (SSSR count). The van der Waals surface area contributed by atoms with Crippen molar-refractivity contribution >= 4 is 42.4 Å². The Balaban J connectivity index is 2.05. The predicted octanol–water partition coefficient (Wildman–Crippen LogP) is 5.42. The van der Waals surface area contributed by atoms with Gasteiger partial charge in [0.2, 0.25) is 0 Å². The Hall–Kier alpha value is -2.06. The molecule has 0 aromatic heterocycles. The maximum absolute atomic E-state index is 12.8. The average Bonchev–Trinajstić information content (AvgIpc) is 2.57. The quantitative estimate of drug-likeness (QED) is 0.603. The van der Waals surface area contributed by atoms with E-state index < -0.39 is 26.7 Å². The molecule has 0 saturated carbocycles. The van der Waals surface area contributed by atoms with E-state index in [9.17, 15) is 21.6 Å². The fourth-order valence-corrected chi connectivity index (χ4v) is 4.00. The minimum absolute atomic E-state index is 0.288. The van der Waals surface area contributed by atoms with Crippen molar-refractivity contribution in [1.82, 2.24) is 0 Å². The number of rotatable bonds is 3. The first-order chi connectivity index (χ1) is 11.7. The molecule has 0 aliphatic rings. The molecule has 0 heterocycles. The summed E-state index contributed by atoms with van der Waals surface area (Å²) in [6.07, 6.45) is -4.62. The molecule has 8 heteroatoms. The van der Waals surface area contributed by atoms with E-state index in [-0.39, 0.29) is 5.69 Å². The van der Waals surface area contributed by atoms with Crippen LogP contribution in [-0.2, 0) is 16.2 Å². The molecule has 0 amide bonds. The molecule has 3 nitrogen and oxygen atoms in total. The number of halogens is 4. The zero-order valence-corrected chi connectivity index (χ0v) is 14.9. The molecule has 25 heavy (non-hydrogen) atoms. The van der Waals surface area contributed by atoms with Gasteiger partial charge < -0.3 is 0 Å². The highest BCUT2D eigenvalue weighted by Gasteiger charge is 2.31. The molecule has 0 atom stereocenters. The summed E-state index contributed by atoms with van der Waals surface area (Å²) in [7, 11) is -4.17. The van der Waals surface area contributed by atoms with Crippen LogP contribution in [0.3, 0.4) is 0 Å². The van der Waals surface area contributed by atoms with Crippen LogP contribution in [0.4, 0.5) is 18.9 Å². The Kier molecular flexibility index (Phi) is 4.51. The number of alkyl halides is 3. The summed E-state index contributed by atoms with van der Waals surface area (Å²) in [4.78, 5) is -0.450. The van der Waals surface area contributed by atoms with Gasteiger partial charge in [0.05, 0.1) is 16.1 Å². The number of benzene rings is 3. The highest BCUT2D eigenvalue weighted by molar-refractivity contribution is 9.10. The fourth-order valence-electron chi connectivity index (χ4n) is 2.39. The van der Waals surface area contributed by atoms with Gasteiger partial charge in [-0.1, -0.05) is 46.3 Å². The van der Waals surface area contributed by atoms with Crippen molar-refractivity contribution < 1.29 is 21.6 Å². The topological polar surface area (TPSA) is 46.2 Å². The van der Waals surface area contributed by atoms with Crippen molar-refractivity contribution in [2.75, 3.05) is 4.72 Å². The largest absolute Gasteiger partial charge is 0.416 e. The van der Waals surface area contributed by atoms with Crippen LogP contribution in [0, 0.1) is 0 Å². The van der Waals surface area contributed by atoms with Gasteiger partial charge in [-0.2, -0.15) is 13.2 Å². The summed E-state index contributed by atoms with van der Waals surface area (Å²) < 4.78 is 66.6. The number of hydrogen-bond donors (Lipinski definition) is 1. The summed E-state index contributed by atoms with van der Waals surface area (Å²) in [5.74, 6) is 0. The van der Waals surface area contributed by atoms with Crippen molar-refractivity contribution in [2.45, 2.75) is 11.1 Å². The average molecular weight is 430 g/mol. The van der Waals surface area contributed by atoms with E-state index in [1.165, 1.54) is 0 Å². The smallest absolute Gasteiger partial charge is 0.279 e. The van der Waals surface area contributed by atoms with E-state index in [4.69, 9.17) is 0 Å². The molecule has 3 aromatic rings. The van der Waals surface area contributed by atoms with Crippen molar-refractivity contribution in [1.29, 1.82) is 0 Å². The summed E-state index contributed by atoms with van der Waals surface area (Å²) in [6.45, 7) is 0. The van der Waals surface area contributed by atoms with E-state index >= 15 is 0 Å². The Bertz CT molecular complexity index is 1050. The second kappa shape index (κ2) is 6.34. The summed E-state index contributed by atoms with van der Waals surface area (Å²) in [6, 6.07) is 13.9. The summed E-state index contributed by atoms with van der Waals surface area (Å²) >= 11 is 3.38.